The molecule has 0 saturated carbocycles. The highest BCUT2D eigenvalue weighted by Crippen LogP contribution is 2.26. The zero-order chi connectivity index (χ0) is 10.6. The lowest BCUT2D eigenvalue weighted by Crippen LogP contribution is -2.13. The zero-order valence-corrected chi connectivity index (χ0v) is 9.14. The first-order chi connectivity index (χ1) is 6.67. The second-order valence-electron chi connectivity index (χ2n) is 3.13. The number of halogens is 2. The predicted octanol–water partition coefficient (Wildman–Crippen LogP) is 4.05. The third kappa shape index (κ3) is 2.88. The van der Waals surface area contributed by atoms with Gasteiger partial charge in [-0.05, 0) is 31.0 Å². The molecule has 0 bridgehead atoms. The van der Waals surface area contributed by atoms with Crippen molar-refractivity contribution in [3.63, 3.8) is 0 Å². The van der Waals surface area contributed by atoms with E-state index in [0.717, 1.165) is 12.8 Å². The Balaban J connectivity index is 2.76. The average molecular weight is 217 g/mol. The standard InChI is InChI=1S/C11H14ClFO/c1-3-9(4-2)14-11-6-5-8(13)7-10(11)12/h5-7,9H,3-4H2,1-2H3. The van der Waals surface area contributed by atoms with E-state index < -0.39 is 0 Å². The van der Waals surface area contributed by atoms with Gasteiger partial charge in [-0.2, -0.15) is 0 Å². The predicted molar refractivity (Wildman–Crippen MR) is 56.4 cm³/mol. The fraction of sp³-hybridized carbons (Fsp3) is 0.455. The van der Waals surface area contributed by atoms with E-state index in [9.17, 15) is 4.39 Å². The first-order valence-corrected chi connectivity index (χ1v) is 5.16. The van der Waals surface area contributed by atoms with Crippen molar-refractivity contribution in [2.45, 2.75) is 32.8 Å². The highest BCUT2D eigenvalue weighted by Gasteiger charge is 2.08. The third-order valence-corrected chi connectivity index (χ3v) is 2.39. The van der Waals surface area contributed by atoms with Gasteiger partial charge in [-0.25, -0.2) is 4.39 Å². The number of hydrogen-bond acceptors (Lipinski definition) is 1. The molecule has 0 aliphatic carbocycles. The van der Waals surface area contributed by atoms with Gasteiger partial charge in [0.15, 0.2) is 0 Å². The molecule has 1 rings (SSSR count). The molecule has 0 amide bonds. The average Bonchev–Trinajstić information content (AvgIpc) is 2.17. The Morgan fingerprint density at radius 3 is 2.50 bits per heavy atom. The van der Waals surface area contributed by atoms with Crippen molar-refractivity contribution >= 4 is 11.6 Å². The van der Waals surface area contributed by atoms with E-state index in [4.69, 9.17) is 16.3 Å². The van der Waals surface area contributed by atoms with Gasteiger partial charge in [-0.1, -0.05) is 25.4 Å². The number of benzene rings is 1. The van der Waals surface area contributed by atoms with Crippen LogP contribution in [-0.2, 0) is 0 Å². The maximum Gasteiger partial charge on any atom is 0.138 e. The molecule has 0 N–H and O–H groups in total. The Morgan fingerprint density at radius 1 is 1.36 bits per heavy atom. The number of ether oxygens (including phenoxy) is 1. The van der Waals surface area contributed by atoms with Crippen molar-refractivity contribution in [1.82, 2.24) is 0 Å². The van der Waals surface area contributed by atoms with Crippen LogP contribution in [0.15, 0.2) is 18.2 Å². The van der Waals surface area contributed by atoms with E-state index in [0.29, 0.717) is 10.8 Å². The summed E-state index contributed by atoms with van der Waals surface area (Å²) in [5.74, 6) is 0.216. The Bertz CT molecular complexity index is 297. The van der Waals surface area contributed by atoms with Crippen LogP contribution >= 0.6 is 11.6 Å². The fourth-order valence-corrected chi connectivity index (χ4v) is 1.42. The molecule has 0 aliphatic rings. The molecule has 0 aliphatic heterocycles. The minimum Gasteiger partial charge on any atom is -0.489 e. The summed E-state index contributed by atoms with van der Waals surface area (Å²) in [6.45, 7) is 4.09. The molecule has 0 spiro atoms. The van der Waals surface area contributed by atoms with Crippen LogP contribution in [0, 0.1) is 5.82 Å². The molecule has 0 aromatic heterocycles. The minimum atomic E-state index is -0.341. The smallest absolute Gasteiger partial charge is 0.138 e. The summed E-state index contributed by atoms with van der Waals surface area (Å²) < 4.78 is 18.3. The SMILES string of the molecule is CCC(CC)Oc1ccc(F)cc1Cl. The molecule has 78 valence electrons. The van der Waals surface area contributed by atoms with Gasteiger partial charge in [-0.3, -0.25) is 0 Å². The largest absolute Gasteiger partial charge is 0.489 e. The van der Waals surface area contributed by atoms with Gasteiger partial charge in [0, 0.05) is 0 Å². The van der Waals surface area contributed by atoms with E-state index in [-0.39, 0.29) is 11.9 Å². The first-order valence-electron chi connectivity index (χ1n) is 4.79. The maximum absolute atomic E-state index is 12.7. The van der Waals surface area contributed by atoms with Gasteiger partial charge in [0.25, 0.3) is 0 Å². The summed E-state index contributed by atoms with van der Waals surface area (Å²) in [5.41, 5.74) is 0. The van der Waals surface area contributed by atoms with Gasteiger partial charge in [-0.15, -0.1) is 0 Å². The second kappa shape index (κ2) is 5.20. The molecule has 1 aromatic rings. The van der Waals surface area contributed by atoms with Crippen molar-refractivity contribution in [3.8, 4) is 5.75 Å². The fourth-order valence-electron chi connectivity index (χ4n) is 1.21. The van der Waals surface area contributed by atoms with Crippen molar-refractivity contribution in [2.24, 2.45) is 0 Å². The second-order valence-corrected chi connectivity index (χ2v) is 3.54. The molecule has 0 radical (unpaired) electrons. The Morgan fingerprint density at radius 2 is 2.00 bits per heavy atom. The van der Waals surface area contributed by atoms with Crippen molar-refractivity contribution in [2.75, 3.05) is 0 Å². The first kappa shape index (κ1) is 11.3. The Kier molecular flexibility index (Phi) is 4.21. The summed E-state index contributed by atoms with van der Waals surface area (Å²) in [6.07, 6.45) is 1.99. The van der Waals surface area contributed by atoms with Crippen molar-refractivity contribution in [3.05, 3.63) is 29.0 Å². The van der Waals surface area contributed by atoms with Crippen LogP contribution < -0.4 is 4.74 Å². The highest BCUT2D eigenvalue weighted by molar-refractivity contribution is 6.32. The molecular weight excluding hydrogens is 203 g/mol. The van der Waals surface area contributed by atoms with Crippen LogP contribution in [0.1, 0.15) is 26.7 Å². The van der Waals surface area contributed by atoms with E-state index in [1.807, 2.05) is 13.8 Å². The van der Waals surface area contributed by atoms with Crippen LogP contribution in [0.25, 0.3) is 0 Å². The number of rotatable bonds is 4. The van der Waals surface area contributed by atoms with E-state index in [2.05, 4.69) is 0 Å². The molecule has 14 heavy (non-hydrogen) atoms. The lowest BCUT2D eigenvalue weighted by atomic mass is 10.2. The molecule has 0 saturated heterocycles. The van der Waals surface area contributed by atoms with Crippen molar-refractivity contribution in [1.29, 1.82) is 0 Å². The normalized spacial score (nSPS) is 10.6. The lowest BCUT2D eigenvalue weighted by Gasteiger charge is -2.16. The van der Waals surface area contributed by atoms with Gasteiger partial charge in [0.2, 0.25) is 0 Å². The summed E-state index contributed by atoms with van der Waals surface area (Å²) >= 11 is 5.82. The quantitative estimate of drug-likeness (QED) is 0.738. The summed E-state index contributed by atoms with van der Waals surface area (Å²) in [4.78, 5) is 0. The molecule has 0 heterocycles. The summed E-state index contributed by atoms with van der Waals surface area (Å²) in [7, 11) is 0. The van der Waals surface area contributed by atoms with Gasteiger partial charge < -0.3 is 4.74 Å². The van der Waals surface area contributed by atoms with E-state index in [1.54, 1.807) is 6.07 Å². The van der Waals surface area contributed by atoms with Crippen LogP contribution in [0.5, 0.6) is 5.75 Å². The monoisotopic (exact) mass is 216 g/mol. The van der Waals surface area contributed by atoms with E-state index >= 15 is 0 Å². The Labute approximate surface area is 88.8 Å². The maximum atomic E-state index is 12.7. The third-order valence-electron chi connectivity index (χ3n) is 2.10. The molecular formula is C11H14ClFO. The van der Waals surface area contributed by atoms with Crippen LogP contribution in [0.4, 0.5) is 4.39 Å². The highest BCUT2D eigenvalue weighted by atomic mass is 35.5. The molecule has 1 nitrogen and oxygen atoms in total. The van der Waals surface area contributed by atoms with Crippen LogP contribution in [0.2, 0.25) is 5.02 Å². The molecule has 0 atom stereocenters. The summed E-state index contributed by atoms with van der Waals surface area (Å²) in [6, 6.07) is 4.18. The van der Waals surface area contributed by atoms with Crippen molar-refractivity contribution < 1.29 is 9.13 Å². The molecule has 0 fully saturated rings. The summed E-state index contributed by atoms with van der Waals surface area (Å²) in [5, 5.41) is 0.330. The Hall–Kier alpha value is -0.760. The minimum absolute atomic E-state index is 0.151. The zero-order valence-electron chi connectivity index (χ0n) is 8.39. The lowest BCUT2D eigenvalue weighted by molar-refractivity contribution is 0.193. The number of hydrogen-bond donors (Lipinski definition) is 0. The van der Waals surface area contributed by atoms with Crippen LogP contribution in [0.3, 0.4) is 0 Å². The molecule has 0 unspecified atom stereocenters. The van der Waals surface area contributed by atoms with Gasteiger partial charge in [0.05, 0.1) is 11.1 Å². The van der Waals surface area contributed by atoms with Gasteiger partial charge >= 0.3 is 0 Å². The molecule has 1 aromatic carbocycles. The topological polar surface area (TPSA) is 9.23 Å². The van der Waals surface area contributed by atoms with Gasteiger partial charge in [0.1, 0.15) is 11.6 Å². The van der Waals surface area contributed by atoms with Crippen LogP contribution in [-0.4, -0.2) is 6.10 Å². The molecule has 3 heteroatoms. The van der Waals surface area contributed by atoms with E-state index in [1.165, 1.54) is 12.1 Å².